The monoisotopic (exact) mass is 280 g/mol. The van der Waals surface area contributed by atoms with Gasteiger partial charge in [0.1, 0.15) is 5.69 Å². The maximum absolute atomic E-state index is 14.0. The molecule has 1 aromatic carbocycles. The minimum atomic E-state index is -0.745. The van der Waals surface area contributed by atoms with E-state index in [1.807, 2.05) is 0 Å². The molecule has 0 N–H and O–H groups in total. The van der Waals surface area contributed by atoms with Crippen LogP contribution >= 0.6 is 0 Å². The van der Waals surface area contributed by atoms with Gasteiger partial charge in [-0.1, -0.05) is 0 Å². The van der Waals surface area contributed by atoms with E-state index in [-0.39, 0.29) is 11.3 Å². The zero-order chi connectivity index (χ0) is 14.2. The predicted octanol–water partition coefficient (Wildman–Crippen LogP) is 2.18. The summed E-state index contributed by atoms with van der Waals surface area (Å²) in [7, 11) is 0. The lowest BCUT2D eigenvalue weighted by atomic mass is 10.0. The lowest BCUT2D eigenvalue weighted by Gasteiger charge is -2.39. The molecule has 3 rings (SSSR count). The van der Waals surface area contributed by atoms with Gasteiger partial charge in [0.15, 0.2) is 17.4 Å². The Morgan fingerprint density at radius 3 is 2.45 bits per heavy atom. The van der Waals surface area contributed by atoms with Gasteiger partial charge >= 0.3 is 0 Å². The Kier molecular flexibility index (Phi) is 3.32. The van der Waals surface area contributed by atoms with Gasteiger partial charge in [0.2, 0.25) is 0 Å². The van der Waals surface area contributed by atoms with Crippen LogP contribution in [0.25, 0.3) is 0 Å². The van der Waals surface area contributed by atoms with Gasteiger partial charge in [-0.05, 0) is 18.6 Å². The summed E-state index contributed by atoms with van der Waals surface area (Å²) in [4.78, 5) is 1.60. The maximum atomic E-state index is 14.0. The summed E-state index contributed by atoms with van der Waals surface area (Å²) in [6, 6.07) is 3.84. The molecule has 0 atom stereocenters. The van der Waals surface area contributed by atoms with Gasteiger partial charge in [0.25, 0.3) is 0 Å². The maximum Gasteiger partial charge on any atom is 0.186 e. The first-order valence-corrected chi connectivity index (χ1v) is 6.56. The molecule has 0 amide bonds. The number of rotatable bonds is 1. The Morgan fingerprint density at radius 1 is 1.20 bits per heavy atom. The minimum absolute atomic E-state index is 0.0242. The Morgan fingerprint density at radius 2 is 1.85 bits per heavy atom. The van der Waals surface area contributed by atoms with E-state index in [0.717, 1.165) is 25.0 Å². The third-order valence-electron chi connectivity index (χ3n) is 3.69. The van der Waals surface area contributed by atoms with Gasteiger partial charge in [-0.3, -0.25) is 0 Å². The van der Waals surface area contributed by atoms with Crippen LogP contribution in [0.2, 0.25) is 0 Å². The highest BCUT2D eigenvalue weighted by Crippen LogP contribution is 2.34. The number of halogens is 2. The molecule has 2 aliphatic heterocycles. The predicted molar refractivity (Wildman–Crippen MR) is 67.2 cm³/mol. The Labute approximate surface area is 115 Å². The van der Waals surface area contributed by atoms with Crippen LogP contribution < -0.4 is 4.90 Å². The van der Waals surface area contributed by atoms with Gasteiger partial charge in [0.05, 0.1) is 31.4 Å². The van der Waals surface area contributed by atoms with Crippen molar-refractivity contribution in [3.8, 4) is 6.07 Å². The molecule has 0 saturated carbocycles. The van der Waals surface area contributed by atoms with Crippen molar-refractivity contribution in [1.82, 2.24) is 0 Å². The van der Waals surface area contributed by atoms with E-state index in [2.05, 4.69) is 0 Å². The molecule has 0 radical (unpaired) electrons. The molecule has 0 aliphatic carbocycles. The first-order valence-electron chi connectivity index (χ1n) is 6.56. The van der Waals surface area contributed by atoms with Crippen LogP contribution in [-0.4, -0.2) is 32.1 Å². The molecule has 20 heavy (non-hydrogen) atoms. The lowest BCUT2D eigenvalue weighted by Crippen LogP contribution is -2.49. The second-order valence-electron chi connectivity index (χ2n) is 5.03. The SMILES string of the molecule is N#Cc1cc(F)c(N2CCCC3(C2)OCCO3)c(F)c1. The number of anilines is 1. The average molecular weight is 280 g/mol. The molecular weight excluding hydrogens is 266 g/mol. The highest BCUT2D eigenvalue weighted by molar-refractivity contribution is 5.53. The number of hydrogen-bond donors (Lipinski definition) is 0. The highest BCUT2D eigenvalue weighted by Gasteiger charge is 2.41. The van der Waals surface area contributed by atoms with Gasteiger partial charge in [-0.25, -0.2) is 8.78 Å². The number of hydrogen-bond acceptors (Lipinski definition) is 4. The Balaban J connectivity index is 1.91. The molecule has 2 aliphatic rings. The fourth-order valence-electron chi connectivity index (χ4n) is 2.84. The van der Waals surface area contributed by atoms with Crippen molar-refractivity contribution in [2.24, 2.45) is 0 Å². The molecule has 6 heteroatoms. The van der Waals surface area contributed by atoms with Crippen LogP contribution in [0.15, 0.2) is 12.1 Å². The van der Waals surface area contributed by atoms with E-state index in [0.29, 0.717) is 26.3 Å². The van der Waals surface area contributed by atoms with Crippen molar-refractivity contribution in [2.45, 2.75) is 18.6 Å². The summed E-state index contributed by atoms with van der Waals surface area (Å²) in [6.07, 6.45) is 1.46. The van der Waals surface area contributed by atoms with E-state index in [1.54, 1.807) is 11.0 Å². The zero-order valence-corrected chi connectivity index (χ0v) is 10.9. The van der Waals surface area contributed by atoms with Crippen LogP contribution in [0.5, 0.6) is 0 Å². The zero-order valence-electron chi connectivity index (χ0n) is 10.9. The van der Waals surface area contributed by atoms with Gasteiger partial charge in [-0.15, -0.1) is 0 Å². The highest BCUT2D eigenvalue weighted by atomic mass is 19.1. The Hall–Kier alpha value is -1.71. The molecule has 2 heterocycles. The third-order valence-corrected chi connectivity index (χ3v) is 3.69. The van der Waals surface area contributed by atoms with Crippen molar-refractivity contribution in [2.75, 3.05) is 31.2 Å². The summed E-state index contributed by atoms with van der Waals surface area (Å²) in [5.74, 6) is -2.20. The van der Waals surface area contributed by atoms with Crippen molar-refractivity contribution in [1.29, 1.82) is 5.26 Å². The number of benzene rings is 1. The molecular formula is C14H14F2N2O2. The minimum Gasteiger partial charge on any atom is -0.361 e. The number of nitriles is 1. The quantitative estimate of drug-likeness (QED) is 0.791. The van der Waals surface area contributed by atoms with E-state index in [4.69, 9.17) is 14.7 Å². The van der Waals surface area contributed by atoms with E-state index < -0.39 is 17.4 Å². The molecule has 0 aromatic heterocycles. The number of piperidine rings is 1. The summed E-state index contributed by atoms with van der Waals surface area (Å²) in [5, 5.41) is 8.72. The topological polar surface area (TPSA) is 45.5 Å². The second-order valence-corrected chi connectivity index (χ2v) is 5.03. The average Bonchev–Trinajstić information content (AvgIpc) is 2.86. The van der Waals surface area contributed by atoms with E-state index >= 15 is 0 Å². The largest absolute Gasteiger partial charge is 0.361 e. The van der Waals surface area contributed by atoms with Crippen molar-refractivity contribution >= 4 is 5.69 Å². The summed E-state index contributed by atoms with van der Waals surface area (Å²) >= 11 is 0. The summed E-state index contributed by atoms with van der Waals surface area (Å²) < 4.78 is 39.3. The fourth-order valence-corrected chi connectivity index (χ4v) is 2.84. The molecule has 1 spiro atoms. The molecule has 2 fully saturated rings. The molecule has 1 aromatic rings. The van der Waals surface area contributed by atoms with Gasteiger partial charge in [0, 0.05) is 13.0 Å². The number of ether oxygens (including phenoxy) is 2. The van der Waals surface area contributed by atoms with Crippen LogP contribution in [0.3, 0.4) is 0 Å². The lowest BCUT2D eigenvalue weighted by molar-refractivity contribution is -0.161. The van der Waals surface area contributed by atoms with Crippen LogP contribution in [-0.2, 0) is 9.47 Å². The van der Waals surface area contributed by atoms with Crippen molar-refractivity contribution in [3.63, 3.8) is 0 Å². The van der Waals surface area contributed by atoms with E-state index in [1.165, 1.54) is 0 Å². The van der Waals surface area contributed by atoms with Crippen LogP contribution in [0.4, 0.5) is 14.5 Å². The van der Waals surface area contributed by atoms with Crippen LogP contribution in [0, 0.1) is 23.0 Å². The molecule has 106 valence electrons. The first-order chi connectivity index (χ1) is 9.63. The van der Waals surface area contributed by atoms with Crippen molar-refractivity contribution < 1.29 is 18.3 Å². The third kappa shape index (κ3) is 2.23. The smallest absolute Gasteiger partial charge is 0.186 e. The first kappa shape index (κ1) is 13.3. The van der Waals surface area contributed by atoms with Gasteiger partial charge < -0.3 is 14.4 Å². The summed E-state index contributed by atoms with van der Waals surface area (Å²) in [6.45, 7) is 1.85. The Bertz CT molecular complexity index is 542. The second kappa shape index (κ2) is 5.00. The molecule has 2 saturated heterocycles. The number of nitrogens with zero attached hydrogens (tertiary/aromatic N) is 2. The summed E-state index contributed by atoms with van der Waals surface area (Å²) in [5.41, 5.74) is -0.133. The molecule has 4 nitrogen and oxygen atoms in total. The normalized spacial score (nSPS) is 21.1. The molecule has 0 unspecified atom stereocenters. The van der Waals surface area contributed by atoms with E-state index in [9.17, 15) is 8.78 Å². The fraction of sp³-hybridized carbons (Fsp3) is 0.500. The van der Waals surface area contributed by atoms with Crippen molar-refractivity contribution in [3.05, 3.63) is 29.3 Å². The standard InChI is InChI=1S/C14H14F2N2O2/c15-11-6-10(8-17)7-12(16)13(11)18-3-1-2-14(9-18)19-4-5-20-14/h6-7H,1-5,9H2. The molecule has 0 bridgehead atoms. The van der Waals surface area contributed by atoms with Crippen LogP contribution in [0.1, 0.15) is 18.4 Å². The van der Waals surface area contributed by atoms with Gasteiger partial charge in [-0.2, -0.15) is 5.26 Å².